The molecule has 9 heteroatoms. The van der Waals surface area contributed by atoms with E-state index < -0.39 is 5.97 Å². The zero-order valence-electron chi connectivity index (χ0n) is 10.4. The summed E-state index contributed by atoms with van der Waals surface area (Å²) in [6, 6.07) is 2.95. The van der Waals surface area contributed by atoms with E-state index in [0.29, 0.717) is 5.69 Å². The van der Waals surface area contributed by atoms with Crippen molar-refractivity contribution in [3.8, 4) is 6.01 Å². The van der Waals surface area contributed by atoms with Crippen molar-refractivity contribution < 1.29 is 14.6 Å². The minimum atomic E-state index is -1.02. The van der Waals surface area contributed by atoms with Crippen molar-refractivity contribution >= 4 is 23.5 Å². The minimum Gasteiger partial charge on any atom is -0.478 e. The highest BCUT2D eigenvalue weighted by atomic mass is 35.5. The highest BCUT2D eigenvalue weighted by molar-refractivity contribution is 6.28. The number of ether oxygens (including phenoxy) is 1. The third-order valence-corrected chi connectivity index (χ3v) is 2.43. The largest absolute Gasteiger partial charge is 0.478 e. The van der Waals surface area contributed by atoms with Gasteiger partial charge in [-0.2, -0.15) is 15.0 Å². The predicted octanol–water partition coefficient (Wildman–Crippen LogP) is 1.24. The van der Waals surface area contributed by atoms with Crippen LogP contribution in [0.25, 0.3) is 0 Å². The van der Waals surface area contributed by atoms with E-state index in [4.69, 9.17) is 21.4 Å². The molecule has 2 aromatic heterocycles. The number of rotatable bonds is 5. The van der Waals surface area contributed by atoms with Crippen LogP contribution < -0.4 is 10.1 Å². The summed E-state index contributed by atoms with van der Waals surface area (Å²) in [7, 11) is 1.41. The van der Waals surface area contributed by atoms with Gasteiger partial charge in [-0.05, 0) is 23.7 Å². The fraction of sp³-hybridized carbons (Fsp3) is 0.182. The zero-order valence-corrected chi connectivity index (χ0v) is 11.1. The Hall–Kier alpha value is -2.48. The zero-order chi connectivity index (χ0) is 14.5. The van der Waals surface area contributed by atoms with E-state index in [2.05, 4.69) is 25.3 Å². The van der Waals surface area contributed by atoms with Gasteiger partial charge in [-0.15, -0.1) is 0 Å². The molecule has 8 nitrogen and oxygen atoms in total. The molecule has 0 atom stereocenters. The van der Waals surface area contributed by atoms with Crippen molar-refractivity contribution in [2.75, 3.05) is 12.4 Å². The molecule has 104 valence electrons. The van der Waals surface area contributed by atoms with Crippen LogP contribution in [0.2, 0.25) is 5.28 Å². The molecule has 0 aliphatic carbocycles. The number of nitrogens with zero attached hydrogens (tertiary/aromatic N) is 4. The first-order valence-corrected chi connectivity index (χ1v) is 5.84. The van der Waals surface area contributed by atoms with Gasteiger partial charge in [-0.3, -0.25) is 4.98 Å². The number of aromatic carboxylic acids is 1. The van der Waals surface area contributed by atoms with Gasteiger partial charge in [-0.25, -0.2) is 4.79 Å². The molecule has 0 aliphatic rings. The lowest BCUT2D eigenvalue weighted by molar-refractivity contribution is 0.0696. The molecule has 20 heavy (non-hydrogen) atoms. The Bertz CT molecular complexity index is 637. The standard InChI is InChI=1S/C11H10ClN5O3/c1-20-11-16-9(12)15-10(17-11)14-5-7-4-6(8(18)19)2-3-13-7/h2-4H,5H2,1H3,(H,18,19)(H,14,15,16,17). The third-order valence-electron chi connectivity index (χ3n) is 2.26. The molecule has 0 aromatic carbocycles. The average molecular weight is 296 g/mol. The van der Waals surface area contributed by atoms with Gasteiger partial charge in [0.1, 0.15) is 0 Å². The van der Waals surface area contributed by atoms with Crippen molar-refractivity contribution in [2.24, 2.45) is 0 Å². The van der Waals surface area contributed by atoms with E-state index in [0.717, 1.165) is 0 Å². The predicted molar refractivity (Wildman–Crippen MR) is 69.9 cm³/mol. The van der Waals surface area contributed by atoms with Crippen molar-refractivity contribution in [3.63, 3.8) is 0 Å². The molecule has 2 heterocycles. The average Bonchev–Trinajstić information content (AvgIpc) is 2.44. The lowest BCUT2D eigenvalue weighted by atomic mass is 10.2. The van der Waals surface area contributed by atoms with Crippen LogP contribution in [0.15, 0.2) is 18.3 Å². The van der Waals surface area contributed by atoms with Crippen molar-refractivity contribution in [2.45, 2.75) is 6.54 Å². The molecule has 0 bridgehead atoms. The Morgan fingerprint density at radius 2 is 2.25 bits per heavy atom. The number of carboxylic acid groups (broad SMARTS) is 1. The Morgan fingerprint density at radius 3 is 2.95 bits per heavy atom. The van der Waals surface area contributed by atoms with Crippen LogP contribution >= 0.6 is 11.6 Å². The van der Waals surface area contributed by atoms with Gasteiger partial charge in [0.05, 0.1) is 24.9 Å². The Morgan fingerprint density at radius 1 is 1.45 bits per heavy atom. The van der Waals surface area contributed by atoms with Crippen LogP contribution in [-0.2, 0) is 6.54 Å². The summed E-state index contributed by atoms with van der Waals surface area (Å²) in [5.74, 6) is -0.803. The molecular formula is C11H10ClN5O3. The Labute approximate surface area is 118 Å². The highest BCUT2D eigenvalue weighted by Gasteiger charge is 2.07. The Kier molecular flexibility index (Phi) is 4.26. The first kappa shape index (κ1) is 13.9. The maximum absolute atomic E-state index is 10.8. The fourth-order valence-corrected chi connectivity index (χ4v) is 1.53. The van der Waals surface area contributed by atoms with Crippen LogP contribution in [0.5, 0.6) is 6.01 Å². The van der Waals surface area contributed by atoms with Crippen LogP contribution in [0.1, 0.15) is 16.1 Å². The number of carboxylic acids is 1. The number of pyridine rings is 1. The fourth-order valence-electron chi connectivity index (χ4n) is 1.38. The van der Waals surface area contributed by atoms with Gasteiger partial charge >= 0.3 is 12.0 Å². The summed E-state index contributed by atoms with van der Waals surface area (Å²) >= 11 is 5.70. The summed E-state index contributed by atoms with van der Waals surface area (Å²) in [6.45, 7) is 0.241. The number of methoxy groups -OCH3 is 1. The second kappa shape index (κ2) is 6.11. The van der Waals surface area contributed by atoms with Gasteiger partial charge in [0, 0.05) is 6.20 Å². The smallest absolute Gasteiger partial charge is 0.335 e. The molecule has 2 rings (SSSR count). The first-order chi connectivity index (χ1) is 9.58. The molecule has 0 amide bonds. The Balaban J connectivity index is 2.10. The SMILES string of the molecule is COc1nc(Cl)nc(NCc2cc(C(=O)O)ccn2)n1. The number of aromatic nitrogens is 4. The van der Waals surface area contributed by atoms with Gasteiger partial charge < -0.3 is 15.2 Å². The van der Waals surface area contributed by atoms with Crippen molar-refractivity contribution in [1.82, 2.24) is 19.9 Å². The topological polar surface area (TPSA) is 110 Å². The molecule has 0 radical (unpaired) electrons. The van der Waals surface area contributed by atoms with Crippen LogP contribution in [0.4, 0.5) is 5.95 Å². The van der Waals surface area contributed by atoms with E-state index in [1.54, 1.807) is 0 Å². The number of hydrogen-bond donors (Lipinski definition) is 2. The van der Waals surface area contributed by atoms with Gasteiger partial charge in [-0.1, -0.05) is 0 Å². The number of nitrogens with one attached hydrogen (secondary N) is 1. The molecule has 0 saturated carbocycles. The summed E-state index contributed by atoms with van der Waals surface area (Å²) in [6.07, 6.45) is 1.42. The summed E-state index contributed by atoms with van der Waals surface area (Å²) in [4.78, 5) is 26.4. The third kappa shape index (κ3) is 3.51. The molecular weight excluding hydrogens is 286 g/mol. The maximum atomic E-state index is 10.8. The molecule has 0 aliphatic heterocycles. The van der Waals surface area contributed by atoms with Gasteiger partial charge in [0.25, 0.3) is 0 Å². The molecule has 2 N–H and O–H groups in total. The summed E-state index contributed by atoms with van der Waals surface area (Å²) < 4.78 is 4.86. The lowest BCUT2D eigenvalue weighted by Crippen LogP contribution is -2.08. The normalized spacial score (nSPS) is 10.1. The minimum absolute atomic E-state index is 0.00778. The molecule has 0 unspecified atom stereocenters. The molecule has 0 spiro atoms. The highest BCUT2D eigenvalue weighted by Crippen LogP contribution is 2.11. The van der Waals surface area contributed by atoms with Crippen LogP contribution in [-0.4, -0.2) is 38.1 Å². The van der Waals surface area contributed by atoms with Crippen LogP contribution in [0.3, 0.4) is 0 Å². The molecule has 2 aromatic rings. The first-order valence-electron chi connectivity index (χ1n) is 5.46. The van der Waals surface area contributed by atoms with Crippen LogP contribution in [0, 0.1) is 0 Å². The van der Waals surface area contributed by atoms with Gasteiger partial charge in [0.15, 0.2) is 0 Å². The van der Waals surface area contributed by atoms with E-state index in [9.17, 15) is 4.79 Å². The van der Waals surface area contributed by atoms with E-state index >= 15 is 0 Å². The summed E-state index contributed by atoms with van der Waals surface area (Å²) in [5, 5.41) is 11.7. The molecule has 0 saturated heterocycles. The second-order valence-electron chi connectivity index (χ2n) is 3.61. The van der Waals surface area contributed by atoms with Crippen molar-refractivity contribution in [3.05, 3.63) is 34.9 Å². The van der Waals surface area contributed by atoms with E-state index in [-0.39, 0.29) is 29.4 Å². The maximum Gasteiger partial charge on any atom is 0.335 e. The van der Waals surface area contributed by atoms with Gasteiger partial charge in [0.2, 0.25) is 11.2 Å². The summed E-state index contributed by atoms with van der Waals surface area (Å²) in [5.41, 5.74) is 0.684. The monoisotopic (exact) mass is 295 g/mol. The lowest BCUT2D eigenvalue weighted by Gasteiger charge is -2.06. The van der Waals surface area contributed by atoms with E-state index in [1.807, 2.05) is 0 Å². The number of halogens is 1. The number of carbonyl (C=O) groups is 1. The van der Waals surface area contributed by atoms with Crippen molar-refractivity contribution in [1.29, 1.82) is 0 Å². The second-order valence-corrected chi connectivity index (χ2v) is 3.95. The number of anilines is 1. The quantitative estimate of drug-likeness (QED) is 0.847. The van der Waals surface area contributed by atoms with E-state index in [1.165, 1.54) is 25.4 Å². The number of hydrogen-bond acceptors (Lipinski definition) is 7. The molecule has 0 fully saturated rings.